The Morgan fingerprint density at radius 1 is 1.12 bits per heavy atom. The molecule has 0 aliphatic carbocycles. The lowest BCUT2D eigenvalue weighted by molar-refractivity contribution is 0.860. The van der Waals surface area contributed by atoms with Gasteiger partial charge in [-0.15, -0.1) is 0 Å². The number of rotatable bonds is 6. The highest BCUT2D eigenvalue weighted by atomic mass is 32.2. The molecule has 0 radical (unpaired) electrons. The molecule has 7 nitrogen and oxygen atoms in total. The summed E-state index contributed by atoms with van der Waals surface area (Å²) in [5.41, 5.74) is 9.19. The SMILES string of the molecule is Cc1[nH]c(SC(C)c2nc(N)nc(N(C)C)n2)nc1Cc1ccccc1. The molecule has 0 spiro atoms. The number of imidazole rings is 1. The van der Waals surface area contributed by atoms with Gasteiger partial charge < -0.3 is 15.6 Å². The van der Waals surface area contributed by atoms with Crippen LogP contribution in [0.15, 0.2) is 35.5 Å². The number of hydrogen-bond acceptors (Lipinski definition) is 7. The van der Waals surface area contributed by atoms with Crippen molar-refractivity contribution in [3.63, 3.8) is 0 Å². The first-order valence-corrected chi connectivity index (χ1v) is 9.25. The molecule has 0 aliphatic rings. The number of anilines is 2. The highest BCUT2D eigenvalue weighted by molar-refractivity contribution is 7.99. The van der Waals surface area contributed by atoms with Gasteiger partial charge in [-0.25, -0.2) is 4.98 Å². The van der Waals surface area contributed by atoms with Crippen molar-refractivity contribution in [2.75, 3.05) is 24.7 Å². The van der Waals surface area contributed by atoms with E-state index in [1.54, 1.807) is 11.8 Å². The fourth-order valence-corrected chi connectivity index (χ4v) is 3.40. The number of benzene rings is 1. The second kappa shape index (κ2) is 7.74. The maximum absolute atomic E-state index is 5.82. The number of aromatic amines is 1. The molecule has 0 aliphatic heterocycles. The second-order valence-electron chi connectivity index (χ2n) is 6.28. The third-order valence-corrected chi connectivity index (χ3v) is 4.87. The van der Waals surface area contributed by atoms with E-state index in [1.165, 1.54) is 5.56 Å². The molecule has 3 rings (SSSR count). The van der Waals surface area contributed by atoms with E-state index in [0.717, 1.165) is 23.0 Å². The lowest BCUT2D eigenvalue weighted by Crippen LogP contribution is -2.16. The van der Waals surface area contributed by atoms with Crippen LogP contribution in [-0.4, -0.2) is 39.0 Å². The number of thioether (sulfide) groups is 1. The quantitative estimate of drug-likeness (QED) is 0.645. The van der Waals surface area contributed by atoms with Gasteiger partial charge in [0.05, 0.1) is 10.9 Å². The number of hydrogen-bond donors (Lipinski definition) is 2. The smallest absolute Gasteiger partial charge is 0.229 e. The third kappa shape index (κ3) is 4.32. The van der Waals surface area contributed by atoms with Crippen LogP contribution in [-0.2, 0) is 6.42 Å². The lowest BCUT2D eigenvalue weighted by Gasteiger charge is -2.13. The topological polar surface area (TPSA) is 96.6 Å². The van der Waals surface area contributed by atoms with E-state index in [1.807, 2.05) is 51.0 Å². The molecular formula is C18H23N7S. The molecule has 2 heterocycles. The summed E-state index contributed by atoms with van der Waals surface area (Å²) in [6.45, 7) is 4.08. The first-order chi connectivity index (χ1) is 12.4. The zero-order valence-corrected chi connectivity index (χ0v) is 16.2. The van der Waals surface area contributed by atoms with Gasteiger partial charge in [0.1, 0.15) is 5.82 Å². The number of aromatic nitrogens is 5. The largest absolute Gasteiger partial charge is 0.368 e. The van der Waals surface area contributed by atoms with Crippen LogP contribution in [0.5, 0.6) is 0 Å². The van der Waals surface area contributed by atoms with Gasteiger partial charge in [-0.1, -0.05) is 42.1 Å². The van der Waals surface area contributed by atoms with Gasteiger partial charge >= 0.3 is 0 Å². The molecule has 0 saturated carbocycles. The third-order valence-electron chi connectivity index (χ3n) is 3.89. The molecule has 0 bridgehead atoms. The Hall–Kier alpha value is -2.61. The van der Waals surface area contributed by atoms with Crippen molar-refractivity contribution in [2.45, 2.75) is 30.7 Å². The number of aryl methyl sites for hydroxylation is 1. The van der Waals surface area contributed by atoms with Crippen LogP contribution in [0.3, 0.4) is 0 Å². The van der Waals surface area contributed by atoms with Crippen molar-refractivity contribution >= 4 is 23.7 Å². The van der Waals surface area contributed by atoms with Gasteiger partial charge in [-0.2, -0.15) is 15.0 Å². The molecule has 2 aromatic heterocycles. The van der Waals surface area contributed by atoms with E-state index in [4.69, 9.17) is 10.7 Å². The zero-order chi connectivity index (χ0) is 18.7. The first kappa shape index (κ1) is 18.2. The molecule has 8 heteroatoms. The molecule has 1 unspecified atom stereocenters. The molecule has 3 N–H and O–H groups in total. The van der Waals surface area contributed by atoms with Crippen LogP contribution in [0, 0.1) is 6.92 Å². The van der Waals surface area contributed by atoms with Crippen molar-refractivity contribution in [2.24, 2.45) is 0 Å². The summed E-state index contributed by atoms with van der Waals surface area (Å²) in [4.78, 5) is 22.8. The Labute approximate surface area is 157 Å². The molecule has 0 amide bonds. The summed E-state index contributed by atoms with van der Waals surface area (Å²) >= 11 is 1.58. The van der Waals surface area contributed by atoms with Gasteiger partial charge in [0, 0.05) is 26.2 Å². The van der Waals surface area contributed by atoms with Crippen molar-refractivity contribution in [3.8, 4) is 0 Å². The lowest BCUT2D eigenvalue weighted by atomic mass is 10.1. The summed E-state index contributed by atoms with van der Waals surface area (Å²) in [6, 6.07) is 10.3. The van der Waals surface area contributed by atoms with Crippen molar-refractivity contribution < 1.29 is 0 Å². The highest BCUT2D eigenvalue weighted by Gasteiger charge is 2.17. The van der Waals surface area contributed by atoms with Crippen molar-refractivity contribution in [1.29, 1.82) is 0 Å². The maximum Gasteiger partial charge on any atom is 0.229 e. The normalized spacial score (nSPS) is 12.2. The minimum Gasteiger partial charge on any atom is -0.368 e. The minimum absolute atomic E-state index is 0.00544. The Morgan fingerprint density at radius 3 is 2.54 bits per heavy atom. The summed E-state index contributed by atoms with van der Waals surface area (Å²) in [7, 11) is 3.75. The average molecular weight is 369 g/mol. The van der Waals surface area contributed by atoms with Crippen LogP contribution in [0.1, 0.15) is 34.9 Å². The minimum atomic E-state index is -0.00544. The molecule has 0 saturated heterocycles. The fourth-order valence-electron chi connectivity index (χ4n) is 2.48. The van der Waals surface area contributed by atoms with Crippen LogP contribution < -0.4 is 10.6 Å². The van der Waals surface area contributed by atoms with E-state index >= 15 is 0 Å². The molecule has 3 aromatic rings. The summed E-state index contributed by atoms with van der Waals surface area (Å²) in [6.07, 6.45) is 0.807. The molecule has 136 valence electrons. The maximum atomic E-state index is 5.82. The Morgan fingerprint density at radius 2 is 1.85 bits per heavy atom. The van der Waals surface area contributed by atoms with E-state index in [2.05, 4.69) is 32.1 Å². The molecule has 1 atom stereocenters. The summed E-state index contributed by atoms with van der Waals surface area (Å²) in [5, 5.41) is 0.848. The molecule has 1 aromatic carbocycles. The van der Waals surface area contributed by atoms with Crippen LogP contribution in [0.25, 0.3) is 0 Å². The van der Waals surface area contributed by atoms with Crippen molar-refractivity contribution in [1.82, 2.24) is 24.9 Å². The standard InChI is InChI=1S/C18H23N7S/c1-11-14(10-13-8-6-5-7-9-13)21-18(20-11)26-12(2)15-22-16(19)24-17(23-15)25(3)4/h5-9,12H,10H2,1-4H3,(H,20,21)(H2,19,22,23,24). The summed E-state index contributed by atoms with van der Waals surface area (Å²) < 4.78 is 0. The zero-order valence-electron chi connectivity index (χ0n) is 15.4. The predicted octanol–water partition coefficient (Wildman–Crippen LogP) is 3.00. The fraction of sp³-hybridized carbons (Fsp3) is 0.333. The van der Waals surface area contributed by atoms with Gasteiger partial charge in [0.25, 0.3) is 0 Å². The number of H-pyrrole nitrogens is 1. The van der Waals surface area contributed by atoms with Crippen LogP contribution in [0.4, 0.5) is 11.9 Å². The number of nitrogens with zero attached hydrogens (tertiary/aromatic N) is 5. The van der Waals surface area contributed by atoms with E-state index in [9.17, 15) is 0 Å². The first-order valence-electron chi connectivity index (χ1n) is 8.37. The number of nitrogens with one attached hydrogen (secondary N) is 1. The van der Waals surface area contributed by atoms with Gasteiger partial charge in [0.2, 0.25) is 11.9 Å². The monoisotopic (exact) mass is 369 g/mol. The van der Waals surface area contributed by atoms with Crippen molar-refractivity contribution in [3.05, 3.63) is 53.1 Å². The molecular weight excluding hydrogens is 346 g/mol. The predicted molar refractivity (Wildman–Crippen MR) is 105 cm³/mol. The van der Waals surface area contributed by atoms with Gasteiger partial charge in [-0.3, -0.25) is 0 Å². The Kier molecular flexibility index (Phi) is 5.41. The van der Waals surface area contributed by atoms with Gasteiger partial charge in [-0.05, 0) is 19.4 Å². The van der Waals surface area contributed by atoms with Crippen LogP contribution >= 0.6 is 11.8 Å². The average Bonchev–Trinajstić information content (AvgIpc) is 2.94. The number of nitrogen functional groups attached to an aromatic ring is 1. The Balaban J connectivity index is 1.76. The molecule has 26 heavy (non-hydrogen) atoms. The van der Waals surface area contributed by atoms with E-state index in [-0.39, 0.29) is 11.2 Å². The van der Waals surface area contributed by atoms with E-state index < -0.39 is 0 Å². The van der Waals surface area contributed by atoms with Gasteiger partial charge in [0.15, 0.2) is 5.16 Å². The second-order valence-corrected chi connectivity index (χ2v) is 7.61. The number of nitrogens with two attached hydrogens (primary N) is 1. The van der Waals surface area contributed by atoms with E-state index in [0.29, 0.717) is 11.8 Å². The Bertz CT molecular complexity index is 877. The highest BCUT2D eigenvalue weighted by Crippen LogP contribution is 2.32. The summed E-state index contributed by atoms with van der Waals surface area (Å²) in [5.74, 6) is 1.43. The van der Waals surface area contributed by atoms with Crippen LogP contribution in [0.2, 0.25) is 0 Å². The molecule has 0 fully saturated rings.